The number of hydrogen-bond acceptors (Lipinski definition) is 7. The normalized spacial score (nSPS) is 11.5. The molecule has 1 N–H and O–H groups in total. The summed E-state index contributed by atoms with van der Waals surface area (Å²) in [5.41, 5.74) is 5.70. The first-order chi connectivity index (χ1) is 17.1. The highest BCUT2D eigenvalue weighted by atomic mass is 32.1. The maximum atomic E-state index is 13.5. The molecule has 2 aromatic carbocycles. The molecule has 0 unspecified atom stereocenters. The van der Waals surface area contributed by atoms with Crippen LogP contribution in [0.15, 0.2) is 53.3 Å². The van der Waals surface area contributed by atoms with Gasteiger partial charge < -0.3 is 0 Å². The number of nitrogens with one attached hydrogen (secondary N) is 1. The Morgan fingerprint density at radius 2 is 1.83 bits per heavy atom. The largest absolute Gasteiger partial charge is 0.291 e. The zero-order valence-electron chi connectivity index (χ0n) is 20.0. The minimum absolute atomic E-state index is 0.00275. The van der Waals surface area contributed by atoms with E-state index in [-0.39, 0.29) is 11.5 Å². The predicted molar refractivity (Wildman–Crippen MR) is 139 cm³/mol. The lowest BCUT2D eigenvalue weighted by Gasteiger charge is -2.14. The quantitative estimate of drug-likeness (QED) is 0.323. The first-order valence-corrected chi connectivity index (χ1v) is 12.6. The number of H-pyrrole nitrogens is 1. The van der Waals surface area contributed by atoms with E-state index in [9.17, 15) is 4.79 Å². The second kappa shape index (κ2) is 9.87. The number of benzene rings is 2. The van der Waals surface area contributed by atoms with Gasteiger partial charge in [-0.3, -0.25) is 9.36 Å². The highest BCUT2D eigenvalue weighted by molar-refractivity contribution is 7.13. The fourth-order valence-electron chi connectivity index (χ4n) is 4.22. The third-order valence-electron chi connectivity index (χ3n) is 6.10. The lowest BCUT2D eigenvalue weighted by Crippen LogP contribution is -2.25. The van der Waals surface area contributed by atoms with Gasteiger partial charge in [-0.1, -0.05) is 75.7 Å². The summed E-state index contributed by atoms with van der Waals surface area (Å²) in [7, 11) is 0. The van der Waals surface area contributed by atoms with E-state index >= 15 is 0 Å². The van der Waals surface area contributed by atoms with Gasteiger partial charge in [-0.15, -0.1) is 10.2 Å². The highest BCUT2D eigenvalue weighted by Crippen LogP contribution is 2.30. The standard InChI is InChI=1S/C26H27N7OS/c1-4-5-10-21-27-23-22(16(2)3)30-35-24(23)26(34)33(21)15-17-11-13-18(14-12-17)19-8-6-7-9-20(19)25-28-31-32-29-25/h6-9,11-14,16H,4-5,10,15H2,1-3H3,(H,28,29,31,32). The lowest BCUT2D eigenvalue weighted by atomic mass is 9.98. The monoisotopic (exact) mass is 485 g/mol. The van der Waals surface area contributed by atoms with Crippen LogP contribution in [-0.4, -0.2) is 34.5 Å². The van der Waals surface area contributed by atoms with Crippen LogP contribution in [0.1, 0.15) is 56.6 Å². The molecule has 3 heterocycles. The molecule has 0 bridgehead atoms. The summed E-state index contributed by atoms with van der Waals surface area (Å²) in [6.07, 6.45) is 2.80. The van der Waals surface area contributed by atoms with Crippen molar-refractivity contribution in [2.45, 2.75) is 52.5 Å². The molecular formula is C26H27N7OS. The van der Waals surface area contributed by atoms with Crippen LogP contribution in [0.5, 0.6) is 0 Å². The van der Waals surface area contributed by atoms with Gasteiger partial charge in [-0.2, -0.15) is 9.59 Å². The number of unbranched alkanes of at least 4 members (excludes halogenated alkanes) is 1. The number of nitrogens with zero attached hydrogens (tertiary/aromatic N) is 6. The van der Waals surface area contributed by atoms with E-state index < -0.39 is 0 Å². The van der Waals surface area contributed by atoms with Crippen molar-refractivity contribution in [1.29, 1.82) is 0 Å². The topological polar surface area (TPSA) is 102 Å². The average Bonchev–Trinajstić information content (AvgIpc) is 3.56. The number of rotatable bonds is 8. The molecule has 3 aromatic heterocycles. The predicted octanol–water partition coefficient (Wildman–Crippen LogP) is 5.21. The summed E-state index contributed by atoms with van der Waals surface area (Å²) < 4.78 is 7.01. The Balaban J connectivity index is 1.50. The molecule has 0 spiro atoms. The van der Waals surface area contributed by atoms with Crippen LogP contribution < -0.4 is 5.56 Å². The molecule has 5 aromatic rings. The lowest BCUT2D eigenvalue weighted by molar-refractivity contribution is 0.646. The molecule has 5 rings (SSSR count). The molecule has 0 saturated heterocycles. The molecular weight excluding hydrogens is 458 g/mol. The van der Waals surface area contributed by atoms with Crippen LogP contribution in [-0.2, 0) is 13.0 Å². The highest BCUT2D eigenvalue weighted by Gasteiger charge is 2.19. The Morgan fingerprint density at radius 3 is 2.51 bits per heavy atom. The second-order valence-electron chi connectivity index (χ2n) is 8.90. The zero-order valence-corrected chi connectivity index (χ0v) is 20.8. The Kier molecular flexibility index (Phi) is 6.50. The van der Waals surface area contributed by atoms with Crippen molar-refractivity contribution < 1.29 is 0 Å². The minimum Gasteiger partial charge on any atom is -0.291 e. The van der Waals surface area contributed by atoms with E-state index in [2.05, 4.69) is 70.0 Å². The van der Waals surface area contributed by atoms with Crippen LogP contribution >= 0.6 is 11.5 Å². The molecule has 0 aliphatic carbocycles. The van der Waals surface area contributed by atoms with Gasteiger partial charge in [-0.25, -0.2) is 4.98 Å². The summed E-state index contributed by atoms with van der Waals surface area (Å²) in [6.45, 7) is 6.80. The van der Waals surface area contributed by atoms with Gasteiger partial charge >= 0.3 is 0 Å². The van der Waals surface area contributed by atoms with Crippen molar-refractivity contribution in [3.05, 3.63) is 76.0 Å². The van der Waals surface area contributed by atoms with Crippen LogP contribution in [0.2, 0.25) is 0 Å². The fourth-order valence-corrected chi connectivity index (χ4v) is 5.13. The summed E-state index contributed by atoms with van der Waals surface area (Å²) in [4.78, 5) is 18.4. The summed E-state index contributed by atoms with van der Waals surface area (Å²) in [5, 5.41) is 14.5. The SMILES string of the molecule is CCCCc1nc2c(C(C)C)nsc2c(=O)n1Cc1ccc(-c2ccccc2-c2nn[nH]n2)cc1. The molecule has 0 aliphatic heterocycles. The van der Waals surface area contributed by atoms with Crippen molar-refractivity contribution in [2.75, 3.05) is 0 Å². The molecule has 0 saturated carbocycles. The second-order valence-corrected chi connectivity index (χ2v) is 9.67. The molecule has 35 heavy (non-hydrogen) atoms. The zero-order chi connectivity index (χ0) is 24.4. The Hall–Kier alpha value is -3.72. The van der Waals surface area contributed by atoms with Gasteiger partial charge in [0.05, 0.1) is 12.2 Å². The number of hydrogen-bond donors (Lipinski definition) is 1. The van der Waals surface area contributed by atoms with Gasteiger partial charge in [-0.05, 0) is 45.8 Å². The minimum atomic E-state index is -0.00275. The average molecular weight is 486 g/mol. The van der Waals surface area contributed by atoms with Crippen molar-refractivity contribution in [3.8, 4) is 22.5 Å². The van der Waals surface area contributed by atoms with Crippen molar-refractivity contribution in [1.82, 2.24) is 34.5 Å². The van der Waals surface area contributed by atoms with Gasteiger partial charge in [0.25, 0.3) is 5.56 Å². The van der Waals surface area contributed by atoms with Crippen LogP contribution in [0.4, 0.5) is 0 Å². The molecule has 0 atom stereocenters. The van der Waals surface area contributed by atoms with Gasteiger partial charge in [0.2, 0.25) is 5.82 Å². The van der Waals surface area contributed by atoms with Crippen molar-refractivity contribution in [3.63, 3.8) is 0 Å². The third kappa shape index (κ3) is 4.51. The number of tetrazole rings is 1. The molecule has 178 valence electrons. The van der Waals surface area contributed by atoms with Crippen molar-refractivity contribution >= 4 is 21.7 Å². The van der Waals surface area contributed by atoms with E-state index in [1.165, 1.54) is 11.5 Å². The number of fused-ring (bicyclic) bond motifs is 1. The molecule has 0 amide bonds. The first kappa shape index (κ1) is 23.0. The van der Waals surface area contributed by atoms with Gasteiger partial charge in [0.1, 0.15) is 16.0 Å². The van der Waals surface area contributed by atoms with E-state index in [1.54, 1.807) is 0 Å². The smallest absolute Gasteiger partial charge is 0.273 e. The summed E-state index contributed by atoms with van der Waals surface area (Å²) in [6, 6.07) is 16.2. The van der Waals surface area contributed by atoms with E-state index in [1.807, 2.05) is 28.8 Å². The van der Waals surface area contributed by atoms with E-state index in [4.69, 9.17) is 4.98 Å². The number of aromatic amines is 1. The van der Waals surface area contributed by atoms with Crippen LogP contribution in [0.25, 0.3) is 32.7 Å². The molecule has 0 aliphatic rings. The Bertz CT molecular complexity index is 1500. The number of aromatic nitrogens is 7. The molecule has 8 nitrogen and oxygen atoms in total. The Labute approximate surface area is 207 Å². The maximum absolute atomic E-state index is 13.5. The van der Waals surface area contributed by atoms with Gasteiger partial charge in [0, 0.05) is 12.0 Å². The third-order valence-corrected chi connectivity index (χ3v) is 6.94. The molecule has 0 fully saturated rings. The maximum Gasteiger partial charge on any atom is 0.273 e. The summed E-state index contributed by atoms with van der Waals surface area (Å²) >= 11 is 1.26. The first-order valence-electron chi connectivity index (χ1n) is 11.9. The Morgan fingerprint density at radius 1 is 1.06 bits per heavy atom. The number of aryl methyl sites for hydroxylation is 1. The van der Waals surface area contributed by atoms with Crippen LogP contribution in [0, 0.1) is 0 Å². The fraction of sp³-hybridized carbons (Fsp3) is 0.308. The van der Waals surface area contributed by atoms with Crippen molar-refractivity contribution in [2.24, 2.45) is 0 Å². The van der Waals surface area contributed by atoms with Crippen LogP contribution in [0.3, 0.4) is 0 Å². The molecule has 9 heteroatoms. The van der Waals surface area contributed by atoms with E-state index in [0.717, 1.165) is 58.6 Å². The summed E-state index contributed by atoms with van der Waals surface area (Å²) in [5.74, 6) is 1.62. The van der Waals surface area contributed by atoms with Gasteiger partial charge in [0.15, 0.2) is 0 Å². The van der Waals surface area contributed by atoms with E-state index in [0.29, 0.717) is 17.1 Å². The molecule has 0 radical (unpaired) electrons.